The maximum absolute atomic E-state index is 13.3. The zero-order valence-corrected chi connectivity index (χ0v) is 12.1. The zero-order valence-electron chi connectivity index (χ0n) is 12.1. The number of carboxylic acids is 1. The Kier molecular flexibility index (Phi) is 4.75. The molecule has 1 heterocycles. The topological polar surface area (TPSA) is 86.7 Å². The highest BCUT2D eigenvalue weighted by Gasteiger charge is 2.33. The summed E-state index contributed by atoms with van der Waals surface area (Å²) in [7, 11) is 0. The molecule has 22 heavy (non-hydrogen) atoms. The molecule has 0 aliphatic carbocycles. The van der Waals surface area contributed by atoms with Crippen LogP contribution in [0.2, 0.25) is 0 Å². The number of benzene rings is 1. The number of hydrogen-bond acceptors (Lipinski definition) is 3. The molecule has 1 aliphatic heterocycles. The van der Waals surface area contributed by atoms with Crippen LogP contribution in [0.5, 0.6) is 0 Å². The number of fused-ring (bicyclic) bond motifs is 1. The van der Waals surface area contributed by atoms with E-state index in [0.717, 1.165) is 0 Å². The van der Waals surface area contributed by atoms with Crippen LogP contribution in [0, 0.1) is 5.82 Å². The largest absolute Gasteiger partial charge is 0.481 e. The zero-order chi connectivity index (χ0) is 16.3. The van der Waals surface area contributed by atoms with Crippen molar-refractivity contribution in [1.82, 2.24) is 4.90 Å². The average molecular weight is 308 g/mol. The first-order chi connectivity index (χ1) is 10.4. The first-order valence-electron chi connectivity index (χ1n) is 7.02. The van der Waals surface area contributed by atoms with E-state index in [9.17, 15) is 18.8 Å². The summed E-state index contributed by atoms with van der Waals surface area (Å²) in [5, 5.41) is 11.3. The molecule has 0 bridgehead atoms. The van der Waals surface area contributed by atoms with Crippen molar-refractivity contribution < 1.29 is 23.9 Å². The van der Waals surface area contributed by atoms with Crippen molar-refractivity contribution >= 4 is 23.5 Å². The molecule has 1 aliphatic rings. The Hall–Kier alpha value is -2.44. The summed E-state index contributed by atoms with van der Waals surface area (Å²) in [6, 6.07) is 3.90. The standard InChI is InChI=1S/C15H17FN2O4/c1-2-18(6-5-14(20)21)15(22)11-8-13(19)17-12-7-9(16)3-4-10(11)12/h3-4,7,11H,2,5-6,8H2,1H3,(H,17,19)(H,20,21). The van der Waals surface area contributed by atoms with E-state index >= 15 is 0 Å². The molecule has 2 rings (SSSR count). The minimum absolute atomic E-state index is 0.0267. The van der Waals surface area contributed by atoms with Crippen LogP contribution >= 0.6 is 0 Å². The van der Waals surface area contributed by atoms with Gasteiger partial charge in [0.2, 0.25) is 11.8 Å². The minimum Gasteiger partial charge on any atom is -0.481 e. The summed E-state index contributed by atoms with van der Waals surface area (Å²) in [5.74, 6) is -2.87. The average Bonchev–Trinajstić information content (AvgIpc) is 2.45. The van der Waals surface area contributed by atoms with Gasteiger partial charge >= 0.3 is 5.97 Å². The van der Waals surface area contributed by atoms with Gasteiger partial charge in [-0.2, -0.15) is 0 Å². The lowest BCUT2D eigenvalue weighted by molar-refractivity contribution is -0.139. The predicted molar refractivity (Wildman–Crippen MR) is 76.9 cm³/mol. The van der Waals surface area contributed by atoms with Gasteiger partial charge in [-0.05, 0) is 24.6 Å². The van der Waals surface area contributed by atoms with E-state index in [1.165, 1.54) is 23.1 Å². The van der Waals surface area contributed by atoms with Gasteiger partial charge < -0.3 is 15.3 Å². The Balaban J connectivity index is 2.25. The molecule has 0 saturated carbocycles. The first kappa shape index (κ1) is 15.9. The number of carboxylic acid groups (broad SMARTS) is 1. The van der Waals surface area contributed by atoms with Gasteiger partial charge in [-0.3, -0.25) is 14.4 Å². The van der Waals surface area contributed by atoms with Gasteiger partial charge in [-0.1, -0.05) is 6.07 Å². The number of hydrogen-bond donors (Lipinski definition) is 2. The quantitative estimate of drug-likeness (QED) is 0.864. The molecule has 0 saturated heterocycles. The monoisotopic (exact) mass is 308 g/mol. The fraction of sp³-hybridized carbons (Fsp3) is 0.400. The molecule has 0 radical (unpaired) electrons. The summed E-state index contributed by atoms with van der Waals surface area (Å²) in [6.45, 7) is 2.17. The Morgan fingerprint density at radius 1 is 1.45 bits per heavy atom. The molecule has 0 aromatic heterocycles. The molecule has 1 aromatic carbocycles. The second-order valence-corrected chi connectivity index (χ2v) is 5.10. The minimum atomic E-state index is -0.991. The maximum Gasteiger partial charge on any atom is 0.305 e. The number of carbonyl (C=O) groups is 3. The second-order valence-electron chi connectivity index (χ2n) is 5.10. The van der Waals surface area contributed by atoms with Crippen LogP contribution in [-0.4, -0.2) is 40.9 Å². The van der Waals surface area contributed by atoms with Gasteiger partial charge in [0.25, 0.3) is 0 Å². The van der Waals surface area contributed by atoms with Crippen molar-refractivity contribution in [2.24, 2.45) is 0 Å². The highest BCUT2D eigenvalue weighted by atomic mass is 19.1. The van der Waals surface area contributed by atoms with E-state index in [-0.39, 0.29) is 31.2 Å². The summed E-state index contributed by atoms with van der Waals surface area (Å²) in [4.78, 5) is 36.4. The van der Waals surface area contributed by atoms with Crippen molar-refractivity contribution in [3.8, 4) is 0 Å². The number of carbonyl (C=O) groups excluding carboxylic acids is 2. The van der Waals surface area contributed by atoms with Crippen LogP contribution in [0.1, 0.15) is 31.2 Å². The summed E-state index contributed by atoms with van der Waals surface area (Å²) in [5.41, 5.74) is 0.851. The molecule has 118 valence electrons. The molecule has 0 spiro atoms. The molecule has 6 nitrogen and oxygen atoms in total. The Morgan fingerprint density at radius 2 is 2.18 bits per heavy atom. The van der Waals surface area contributed by atoms with E-state index in [1.54, 1.807) is 6.92 Å². The third-order valence-electron chi connectivity index (χ3n) is 3.64. The summed E-state index contributed by atoms with van der Waals surface area (Å²) < 4.78 is 13.3. The van der Waals surface area contributed by atoms with Crippen molar-refractivity contribution in [3.05, 3.63) is 29.6 Å². The first-order valence-corrected chi connectivity index (χ1v) is 7.02. The highest BCUT2D eigenvalue weighted by molar-refractivity contribution is 6.01. The van der Waals surface area contributed by atoms with Gasteiger partial charge in [0.1, 0.15) is 5.82 Å². The van der Waals surface area contributed by atoms with E-state index in [2.05, 4.69) is 5.32 Å². The maximum atomic E-state index is 13.3. The lowest BCUT2D eigenvalue weighted by atomic mass is 9.89. The van der Waals surface area contributed by atoms with Crippen molar-refractivity contribution in [3.63, 3.8) is 0 Å². The van der Waals surface area contributed by atoms with Crippen LogP contribution in [0.25, 0.3) is 0 Å². The van der Waals surface area contributed by atoms with Crippen LogP contribution in [-0.2, 0) is 14.4 Å². The third-order valence-corrected chi connectivity index (χ3v) is 3.64. The second kappa shape index (κ2) is 6.55. The van der Waals surface area contributed by atoms with E-state index in [1.807, 2.05) is 0 Å². The van der Waals surface area contributed by atoms with E-state index < -0.39 is 17.7 Å². The number of amides is 2. The fourth-order valence-corrected chi connectivity index (χ4v) is 2.53. The normalized spacial score (nSPS) is 16.6. The smallest absolute Gasteiger partial charge is 0.305 e. The third kappa shape index (κ3) is 3.41. The van der Waals surface area contributed by atoms with Gasteiger partial charge in [-0.25, -0.2) is 4.39 Å². The molecule has 1 aromatic rings. The van der Waals surface area contributed by atoms with E-state index in [4.69, 9.17) is 5.11 Å². The van der Waals surface area contributed by atoms with Crippen LogP contribution < -0.4 is 5.32 Å². The number of rotatable bonds is 5. The van der Waals surface area contributed by atoms with Crippen LogP contribution in [0.15, 0.2) is 18.2 Å². The number of likely N-dealkylation sites (N-methyl/N-ethyl adjacent to an activating group) is 1. The number of aliphatic carboxylic acids is 1. The molecule has 2 amide bonds. The SMILES string of the molecule is CCN(CCC(=O)O)C(=O)C1CC(=O)Nc2cc(F)ccc21. The van der Waals surface area contributed by atoms with Crippen molar-refractivity contribution in [2.45, 2.75) is 25.7 Å². The number of nitrogens with zero attached hydrogens (tertiary/aromatic N) is 1. The van der Waals surface area contributed by atoms with Gasteiger partial charge in [0.05, 0.1) is 12.3 Å². The molecule has 1 atom stereocenters. The van der Waals surface area contributed by atoms with Gasteiger partial charge in [0.15, 0.2) is 0 Å². The van der Waals surface area contributed by atoms with Crippen LogP contribution in [0.3, 0.4) is 0 Å². The van der Waals surface area contributed by atoms with Gasteiger partial charge in [0, 0.05) is 25.2 Å². The Bertz CT molecular complexity index is 618. The fourth-order valence-electron chi connectivity index (χ4n) is 2.53. The number of anilines is 1. The van der Waals surface area contributed by atoms with Crippen molar-refractivity contribution in [2.75, 3.05) is 18.4 Å². The number of halogens is 1. The summed E-state index contributed by atoms with van der Waals surface area (Å²) in [6.07, 6.45) is -0.185. The van der Waals surface area contributed by atoms with E-state index in [0.29, 0.717) is 17.8 Å². The lowest BCUT2D eigenvalue weighted by Crippen LogP contribution is -2.39. The molecule has 0 fully saturated rings. The lowest BCUT2D eigenvalue weighted by Gasteiger charge is -2.30. The predicted octanol–water partition coefficient (Wildman–Crippen LogP) is 1.57. The van der Waals surface area contributed by atoms with Gasteiger partial charge in [-0.15, -0.1) is 0 Å². The number of nitrogens with one attached hydrogen (secondary N) is 1. The Labute approximate surface area is 126 Å². The Morgan fingerprint density at radius 3 is 2.82 bits per heavy atom. The van der Waals surface area contributed by atoms with Crippen LogP contribution in [0.4, 0.5) is 10.1 Å². The molecular formula is C15H17FN2O4. The summed E-state index contributed by atoms with van der Waals surface area (Å²) >= 11 is 0. The molecule has 7 heteroatoms. The molecule has 1 unspecified atom stereocenters. The van der Waals surface area contributed by atoms with Crippen molar-refractivity contribution in [1.29, 1.82) is 0 Å². The highest BCUT2D eigenvalue weighted by Crippen LogP contribution is 2.34. The molecular weight excluding hydrogens is 291 g/mol. The molecule has 2 N–H and O–H groups in total.